The fraction of sp³-hybridized carbons (Fsp3) is 0.312. The Morgan fingerprint density at radius 3 is 2.76 bits per heavy atom. The summed E-state index contributed by atoms with van der Waals surface area (Å²) in [6.07, 6.45) is 0. The van der Waals surface area contributed by atoms with Crippen LogP contribution in [0.3, 0.4) is 0 Å². The van der Waals surface area contributed by atoms with Crippen LogP contribution in [0.15, 0.2) is 28.5 Å². The highest BCUT2D eigenvalue weighted by Gasteiger charge is 2.27. The first-order valence-electron chi connectivity index (χ1n) is 7.40. The van der Waals surface area contributed by atoms with Crippen molar-refractivity contribution in [2.75, 3.05) is 7.11 Å². The molecule has 136 valence electrons. The molecule has 1 aliphatic rings. The van der Waals surface area contributed by atoms with Crippen LogP contribution < -0.4 is 10.0 Å². The molecule has 25 heavy (non-hydrogen) atoms. The zero-order valence-corrected chi connectivity index (χ0v) is 16.2. The minimum absolute atomic E-state index is 0. The van der Waals surface area contributed by atoms with Crippen molar-refractivity contribution in [1.29, 1.82) is 0 Å². The number of carbonyl (C=O) groups excluding carboxylic acids is 1. The summed E-state index contributed by atoms with van der Waals surface area (Å²) in [6, 6.07) is 5.92. The standard InChI is InChI=1S/C16H18N2O4S2.ClH/c1-10-9-23-14(16(19)22-2)15(10)24(20,21)18-6-11-3-4-12-7-17-8-13(12)5-11;/h3-5,9,17-18H,6-8H2,1-2H3;1H. The molecule has 0 fully saturated rings. The van der Waals surface area contributed by atoms with Crippen LogP contribution in [0.1, 0.15) is 31.9 Å². The van der Waals surface area contributed by atoms with Crippen molar-refractivity contribution in [2.24, 2.45) is 0 Å². The number of nitrogens with one attached hydrogen (secondary N) is 2. The van der Waals surface area contributed by atoms with Crippen molar-refractivity contribution in [3.05, 3.63) is 50.7 Å². The monoisotopic (exact) mass is 402 g/mol. The second-order valence-electron chi connectivity index (χ2n) is 5.60. The molecule has 9 heteroatoms. The molecule has 2 heterocycles. The summed E-state index contributed by atoms with van der Waals surface area (Å²) in [4.78, 5) is 11.9. The van der Waals surface area contributed by atoms with E-state index in [0.29, 0.717) is 5.56 Å². The zero-order chi connectivity index (χ0) is 17.3. The van der Waals surface area contributed by atoms with Gasteiger partial charge in [0.15, 0.2) is 0 Å². The number of esters is 1. The molecular weight excluding hydrogens is 384 g/mol. The summed E-state index contributed by atoms with van der Waals surface area (Å²) >= 11 is 1.07. The van der Waals surface area contributed by atoms with E-state index in [-0.39, 0.29) is 28.7 Å². The molecule has 0 radical (unpaired) electrons. The number of fused-ring (bicyclic) bond motifs is 1. The Kier molecular flexibility index (Phi) is 6.23. The van der Waals surface area contributed by atoms with Gasteiger partial charge in [0.25, 0.3) is 0 Å². The molecule has 0 spiro atoms. The average Bonchev–Trinajstić information content (AvgIpc) is 3.18. The number of hydrogen-bond acceptors (Lipinski definition) is 6. The second-order valence-corrected chi connectivity index (χ2v) is 8.18. The molecular formula is C16H19ClN2O4S2. The van der Waals surface area contributed by atoms with Gasteiger partial charge in [-0.2, -0.15) is 0 Å². The van der Waals surface area contributed by atoms with E-state index in [1.54, 1.807) is 12.3 Å². The van der Waals surface area contributed by atoms with Crippen molar-refractivity contribution in [3.8, 4) is 0 Å². The van der Waals surface area contributed by atoms with Gasteiger partial charge in [0.1, 0.15) is 9.77 Å². The third kappa shape index (κ3) is 4.04. The van der Waals surface area contributed by atoms with E-state index >= 15 is 0 Å². The Hall–Kier alpha value is -1.45. The van der Waals surface area contributed by atoms with Gasteiger partial charge in [-0.25, -0.2) is 17.9 Å². The Labute approximate surface area is 157 Å². The molecule has 2 aromatic rings. The molecule has 3 rings (SSSR count). The lowest BCUT2D eigenvalue weighted by atomic mass is 10.1. The smallest absolute Gasteiger partial charge is 0.349 e. The van der Waals surface area contributed by atoms with E-state index < -0.39 is 16.0 Å². The lowest BCUT2D eigenvalue weighted by Gasteiger charge is -2.09. The maximum atomic E-state index is 12.6. The molecule has 6 nitrogen and oxygen atoms in total. The minimum atomic E-state index is -3.80. The fourth-order valence-corrected chi connectivity index (χ4v) is 5.43. The minimum Gasteiger partial charge on any atom is -0.465 e. The van der Waals surface area contributed by atoms with Gasteiger partial charge in [-0.05, 0) is 34.6 Å². The quantitative estimate of drug-likeness (QED) is 0.750. The Morgan fingerprint density at radius 2 is 2.04 bits per heavy atom. The van der Waals surface area contributed by atoms with Gasteiger partial charge in [-0.1, -0.05) is 18.2 Å². The van der Waals surface area contributed by atoms with E-state index in [9.17, 15) is 13.2 Å². The van der Waals surface area contributed by atoms with Gasteiger partial charge in [-0.3, -0.25) is 0 Å². The van der Waals surface area contributed by atoms with Crippen LogP contribution in [0.5, 0.6) is 0 Å². The molecule has 1 aromatic heterocycles. The van der Waals surface area contributed by atoms with Crippen LogP contribution in [-0.4, -0.2) is 21.5 Å². The van der Waals surface area contributed by atoms with Crippen LogP contribution in [0.25, 0.3) is 0 Å². The number of halogens is 1. The second kappa shape index (κ2) is 7.84. The Balaban J connectivity index is 0.00000225. The first-order chi connectivity index (χ1) is 11.4. The van der Waals surface area contributed by atoms with Crippen molar-refractivity contribution in [1.82, 2.24) is 10.0 Å². The van der Waals surface area contributed by atoms with Crippen LogP contribution in [0.4, 0.5) is 0 Å². The summed E-state index contributed by atoms with van der Waals surface area (Å²) in [5.74, 6) is -0.642. The summed E-state index contributed by atoms with van der Waals surface area (Å²) in [7, 11) is -2.57. The third-order valence-electron chi connectivity index (χ3n) is 3.93. The lowest BCUT2D eigenvalue weighted by molar-refractivity contribution is 0.0602. The predicted octanol–water partition coefficient (Wildman–Crippen LogP) is 2.35. The number of hydrogen-bond donors (Lipinski definition) is 2. The van der Waals surface area contributed by atoms with Gasteiger partial charge in [0.05, 0.1) is 7.11 Å². The maximum absolute atomic E-state index is 12.6. The number of aryl methyl sites for hydroxylation is 1. The number of thiophene rings is 1. The summed E-state index contributed by atoms with van der Waals surface area (Å²) in [6.45, 7) is 3.48. The molecule has 0 amide bonds. The van der Waals surface area contributed by atoms with Crippen molar-refractivity contribution >= 4 is 39.7 Å². The average molecular weight is 403 g/mol. The summed E-state index contributed by atoms with van der Waals surface area (Å²) < 4.78 is 32.5. The number of benzene rings is 1. The highest BCUT2D eigenvalue weighted by molar-refractivity contribution is 7.89. The fourth-order valence-electron chi connectivity index (χ4n) is 2.71. The van der Waals surface area contributed by atoms with Gasteiger partial charge < -0.3 is 10.1 Å². The van der Waals surface area contributed by atoms with E-state index in [2.05, 4.69) is 14.8 Å². The van der Waals surface area contributed by atoms with Crippen molar-refractivity contribution < 1.29 is 17.9 Å². The molecule has 1 aromatic carbocycles. The number of rotatable bonds is 5. The first kappa shape index (κ1) is 19.9. The van der Waals surface area contributed by atoms with E-state index in [4.69, 9.17) is 0 Å². The Morgan fingerprint density at radius 1 is 1.32 bits per heavy atom. The molecule has 0 atom stereocenters. The van der Waals surface area contributed by atoms with Crippen LogP contribution in [-0.2, 0) is 34.4 Å². The SMILES string of the molecule is COC(=O)c1scc(C)c1S(=O)(=O)NCc1ccc2c(c1)CNC2.Cl. The number of sulfonamides is 1. The molecule has 0 unspecified atom stereocenters. The number of ether oxygens (including phenoxy) is 1. The first-order valence-corrected chi connectivity index (χ1v) is 9.76. The van der Waals surface area contributed by atoms with Gasteiger partial charge in [0.2, 0.25) is 10.0 Å². The van der Waals surface area contributed by atoms with Crippen molar-refractivity contribution in [3.63, 3.8) is 0 Å². The summed E-state index contributed by atoms with van der Waals surface area (Å²) in [5.41, 5.74) is 3.84. The number of carbonyl (C=O) groups is 1. The van der Waals surface area contributed by atoms with Crippen LogP contribution >= 0.6 is 23.7 Å². The molecule has 0 aliphatic carbocycles. The summed E-state index contributed by atoms with van der Waals surface area (Å²) in [5, 5.41) is 4.90. The number of methoxy groups -OCH3 is 1. The van der Waals surface area contributed by atoms with Crippen LogP contribution in [0, 0.1) is 6.92 Å². The van der Waals surface area contributed by atoms with Gasteiger partial charge in [0, 0.05) is 19.6 Å². The highest BCUT2D eigenvalue weighted by Crippen LogP contribution is 2.27. The predicted molar refractivity (Wildman–Crippen MR) is 98.7 cm³/mol. The molecule has 1 aliphatic heterocycles. The largest absolute Gasteiger partial charge is 0.465 e. The van der Waals surface area contributed by atoms with Crippen molar-refractivity contribution in [2.45, 2.75) is 31.5 Å². The highest BCUT2D eigenvalue weighted by atomic mass is 35.5. The van der Waals surface area contributed by atoms with Gasteiger partial charge in [-0.15, -0.1) is 23.7 Å². The lowest BCUT2D eigenvalue weighted by Crippen LogP contribution is -2.25. The zero-order valence-electron chi connectivity index (χ0n) is 13.8. The molecule has 0 saturated heterocycles. The molecule has 0 saturated carbocycles. The molecule has 0 bridgehead atoms. The maximum Gasteiger partial charge on any atom is 0.349 e. The molecule has 2 N–H and O–H groups in total. The van der Waals surface area contributed by atoms with Crippen LogP contribution in [0.2, 0.25) is 0 Å². The normalized spacial score (nSPS) is 13.2. The van der Waals surface area contributed by atoms with E-state index in [1.165, 1.54) is 18.2 Å². The third-order valence-corrected chi connectivity index (χ3v) is 6.72. The Bertz CT molecular complexity index is 894. The van der Waals surface area contributed by atoms with Gasteiger partial charge >= 0.3 is 5.97 Å². The topological polar surface area (TPSA) is 84.5 Å². The van der Waals surface area contributed by atoms with E-state index in [1.807, 2.05) is 18.2 Å². The van der Waals surface area contributed by atoms with E-state index in [0.717, 1.165) is 30.0 Å².